The Labute approximate surface area is 123 Å². The van der Waals surface area contributed by atoms with Gasteiger partial charge in [0, 0.05) is 17.3 Å². The number of benzene rings is 2. The maximum absolute atomic E-state index is 12.0. The number of nitrogens with two attached hydrogens (primary N) is 1. The number of hydrogen-bond donors (Lipinski definition) is 2. The molecule has 2 rings (SSSR count). The van der Waals surface area contributed by atoms with Crippen molar-refractivity contribution in [1.29, 1.82) is 0 Å². The maximum atomic E-state index is 12.0. The molecule has 0 aliphatic heterocycles. The molecule has 104 valence electrons. The van der Waals surface area contributed by atoms with E-state index >= 15 is 0 Å². The third-order valence-corrected chi connectivity index (χ3v) is 3.28. The third-order valence-electron chi connectivity index (χ3n) is 3.04. The summed E-state index contributed by atoms with van der Waals surface area (Å²) >= 11 is 5.87. The summed E-state index contributed by atoms with van der Waals surface area (Å²) < 4.78 is 0. The van der Waals surface area contributed by atoms with E-state index in [0.29, 0.717) is 22.8 Å². The van der Waals surface area contributed by atoms with Crippen molar-refractivity contribution in [2.45, 2.75) is 13.3 Å². The summed E-state index contributed by atoms with van der Waals surface area (Å²) in [5.74, 6) is -0.197. The lowest BCUT2D eigenvalue weighted by atomic mass is 10.1. The van der Waals surface area contributed by atoms with Gasteiger partial charge in [0.2, 0.25) is 0 Å². The van der Waals surface area contributed by atoms with Crippen LogP contribution in [-0.4, -0.2) is 12.5 Å². The Kier molecular flexibility index (Phi) is 4.64. The van der Waals surface area contributed by atoms with E-state index in [1.807, 2.05) is 12.1 Å². The van der Waals surface area contributed by atoms with Crippen LogP contribution >= 0.6 is 11.6 Å². The number of nitrogen functional groups attached to an aromatic ring is 1. The van der Waals surface area contributed by atoms with Crippen LogP contribution in [0.5, 0.6) is 0 Å². The summed E-state index contributed by atoms with van der Waals surface area (Å²) in [6.45, 7) is 2.61. The number of carbonyl (C=O) groups is 1. The SMILES string of the molecule is Cc1cccc(CCNC(=O)c2cc(Cl)ccc2N)c1. The second-order valence-corrected chi connectivity index (χ2v) is 5.16. The van der Waals surface area contributed by atoms with Gasteiger partial charge in [-0.25, -0.2) is 0 Å². The molecule has 2 aromatic carbocycles. The second-order valence-electron chi connectivity index (χ2n) is 4.73. The van der Waals surface area contributed by atoms with Gasteiger partial charge < -0.3 is 11.1 Å². The summed E-state index contributed by atoms with van der Waals surface area (Å²) in [5.41, 5.74) is 9.04. The molecule has 3 nitrogen and oxygen atoms in total. The Hall–Kier alpha value is -2.00. The number of rotatable bonds is 4. The Balaban J connectivity index is 1.94. The molecule has 0 spiro atoms. The summed E-state index contributed by atoms with van der Waals surface area (Å²) in [6, 6.07) is 13.1. The molecule has 0 fully saturated rings. The van der Waals surface area contributed by atoms with Gasteiger partial charge in [0.25, 0.3) is 5.91 Å². The number of amides is 1. The third kappa shape index (κ3) is 3.75. The molecule has 0 heterocycles. The highest BCUT2D eigenvalue weighted by Crippen LogP contribution is 2.17. The van der Waals surface area contributed by atoms with Gasteiger partial charge in [0.15, 0.2) is 0 Å². The van der Waals surface area contributed by atoms with E-state index < -0.39 is 0 Å². The molecular weight excluding hydrogens is 272 g/mol. The van der Waals surface area contributed by atoms with E-state index in [-0.39, 0.29) is 5.91 Å². The average molecular weight is 289 g/mol. The molecule has 20 heavy (non-hydrogen) atoms. The molecule has 0 saturated carbocycles. The number of anilines is 1. The first-order chi connectivity index (χ1) is 9.56. The number of carbonyl (C=O) groups excluding carboxylic acids is 1. The Morgan fingerprint density at radius 1 is 1.25 bits per heavy atom. The second kappa shape index (κ2) is 6.44. The number of aryl methyl sites for hydroxylation is 1. The highest BCUT2D eigenvalue weighted by atomic mass is 35.5. The molecule has 1 amide bonds. The van der Waals surface area contributed by atoms with Crippen molar-refractivity contribution in [1.82, 2.24) is 5.32 Å². The van der Waals surface area contributed by atoms with Gasteiger partial charge >= 0.3 is 0 Å². The predicted molar refractivity (Wildman–Crippen MR) is 83.1 cm³/mol. The van der Waals surface area contributed by atoms with Gasteiger partial charge in [-0.05, 0) is 37.1 Å². The minimum atomic E-state index is -0.197. The first-order valence-electron chi connectivity index (χ1n) is 6.45. The number of nitrogens with one attached hydrogen (secondary N) is 1. The molecule has 0 bridgehead atoms. The molecule has 0 saturated heterocycles. The highest BCUT2D eigenvalue weighted by molar-refractivity contribution is 6.31. The average Bonchev–Trinajstić information content (AvgIpc) is 2.41. The lowest BCUT2D eigenvalue weighted by Crippen LogP contribution is -2.26. The standard InChI is InChI=1S/C16H17ClN2O/c1-11-3-2-4-12(9-11)7-8-19-16(20)14-10-13(17)5-6-15(14)18/h2-6,9-10H,7-8,18H2,1H3,(H,19,20). The summed E-state index contributed by atoms with van der Waals surface area (Å²) in [5, 5.41) is 3.36. The van der Waals surface area contributed by atoms with Crippen molar-refractivity contribution in [3.05, 3.63) is 64.2 Å². The lowest BCUT2D eigenvalue weighted by Gasteiger charge is -2.08. The Morgan fingerprint density at radius 3 is 2.80 bits per heavy atom. The van der Waals surface area contributed by atoms with Crippen LogP contribution < -0.4 is 11.1 Å². The molecule has 0 aliphatic rings. The molecule has 0 aliphatic carbocycles. The summed E-state index contributed by atoms with van der Waals surface area (Å²) in [4.78, 5) is 12.0. The van der Waals surface area contributed by atoms with Gasteiger partial charge in [0.05, 0.1) is 5.56 Å². The molecular formula is C16H17ClN2O. The van der Waals surface area contributed by atoms with Crippen molar-refractivity contribution < 1.29 is 4.79 Å². The maximum Gasteiger partial charge on any atom is 0.253 e. The monoisotopic (exact) mass is 288 g/mol. The van der Waals surface area contributed by atoms with Gasteiger partial charge in [-0.1, -0.05) is 41.4 Å². The quantitative estimate of drug-likeness (QED) is 0.849. The zero-order valence-electron chi connectivity index (χ0n) is 11.3. The minimum absolute atomic E-state index is 0.197. The fraction of sp³-hybridized carbons (Fsp3) is 0.188. The van der Waals surface area contributed by atoms with Crippen molar-refractivity contribution in [2.24, 2.45) is 0 Å². The van der Waals surface area contributed by atoms with Crippen LogP contribution in [0.25, 0.3) is 0 Å². The van der Waals surface area contributed by atoms with Crippen LogP contribution in [0.4, 0.5) is 5.69 Å². The predicted octanol–water partition coefficient (Wildman–Crippen LogP) is 3.20. The van der Waals surface area contributed by atoms with Crippen molar-refractivity contribution in [3.63, 3.8) is 0 Å². The van der Waals surface area contributed by atoms with E-state index in [4.69, 9.17) is 17.3 Å². The molecule has 0 unspecified atom stereocenters. The highest BCUT2D eigenvalue weighted by Gasteiger charge is 2.09. The van der Waals surface area contributed by atoms with Gasteiger partial charge in [0.1, 0.15) is 0 Å². The molecule has 4 heteroatoms. The zero-order chi connectivity index (χ0) is 14.5. The zero-order valence-corrected chi connectivity index (χ0v) is 12.1. The van der Waals surface area contributed by atoms with Gasteiger partial charge in [-0.2, -0.15) is 0 Å². The van der Waals surface area contributed by atoms with E-state index in [0.717, 1.165) is 6.42 Å². The molecule has 0 atom stereocenters. The summed E-state index contributed by atoms with van der Waals surface area (Å²) in [7, 11) is 0. The Bertz CT molecular complexity index is 626. The topological polar surface area (TPSA) is 55.1 Å². The van der Waals surface area contributed by atoms with Crippen LogP contribution in [0.1, 0.15) is 21.5 Å². The first kappa shape index (κ1) is 14.4. The van der Waals surface area contributed by atoms with Crippen molar-refractivity contribution in [2.75, 3.05) is 12.3 Å². The molecule has 3 N–H and O–H groups in total. The van der Waals surface area contributed by atoms with Crippen LogP contribution in [0.15, 0.2) is 42.5 Å². The smallest absolute Gasteiger partial charge is 0.253 e. The Morgan fingerprint density at radius 2 is 2.05 bits per heavy atom. The van der Waals surface area contributed by atoms with Gasteiger partial charge in [-0.3, -0.25) is 4.79 Å². The number of hydrogen-bond acceptors (Lipinski definition) is 2. The number of halogens is 1. The van der Waals surface area contributed by atoms with E-state index in [1.54, 1.807) is 18.2 Å². The largest absolute Gasteiger partial charge is 0.398 e. The van der Waals surface area contributed by atoms with Crippen LogP contribution in [0, 0.1) is 6.92 Å². The van der Waals surface area contributed by atoms with E-state index in [1.165, 1.54) is 11.1 Å². The fourth-order valence-corrected chi connectivity index (χ4v) is 2.18. The molecule has 2 aromatic rings. The van der Waals surface area contributed by atoms with Gasteiger partial charge in [-0.15, -0.1) is 0 Å². The lowest BCUT2D eigenvalue weighted by molar-refractivity contribution is 0.0955. The van der Waals surface area contributed by atoms with Crippen LogP contribution in [0.2, 0.25) is 5.02 Å². The van der Waals surface area contributed by atoms with Crippen LogP contribution in [-0.2, 0) is 6.42 Å². The summed E-state index contributed by atoms with van der Waals surface area (Å²) in [6.07, 6.45) is 0.786. The van der Waals surface area contributed by atoms with Crippen molar-refractivity contribution in [3.8, 4) is 0 Å². The molecule has 0 aromatic heterocycles. The van der Waals surface area contributed by atoms with E-state index in [9.17, 15) is 4.79 Å². The normalized spacial score (nSPS) is 10.3. The van der Waals surface area contributed by atoms with Crippen molar-refractivity contribution >= 4 is 23.2 Å². The molecule has 0 radical (unpaired) electrons. The first-order valence-corrected chi connectivity index (χ1v) is 6.83. The fourth-order valence-electron chi connectivity index (χ4n) is 2.01. The van der Waals surface area contributed by atoms with E-state index in [2.05, 4.69) is 24.4 Å². The van der Waals surface area contributed by atoms with Crippen LogP contribution in [0.3, 0.4) is 0 Å². The minimum Gasteiger partial charge on any atom is -0.398 e.